The Bertz CT molecular complexity index is 1010. The van der Waals surface area contributed by atoms with Gasteiger partial charge in [-0.25, -0.2) is 0 Å². The number of hydrogen-bond donors (Lipinski definition) is 2. The third-order valence-corrected chi connectivity index (χ3v) is 6.10. The van der Waals surface area contributed by atoms with Crippen LogP contribution in [0, 0.1) is 0 Å². The van der Waals surface area contributed by atoms with Crippen LogP contribution in [0.2, 0.25) is 5.02 Å². The van der Waals surface area contributed by atoms with Crippen LogP contribution in [0.1, 0.15) is 30.9 Å². The summed E-state index contributed by atoms with van der Waals surface area (Å²) in [6.45, 7) is 6.83. The van der Waals surface area contributed by atoms with Gasteiger partial charge in [0.25, 0.3) is 0 Å². The monoisotopic (exact) mass is 498 g/mol. The molecule has 1 heterocycles. The van der Waals surface area contributed by atoms with Crippen molar-refractivity contribution in [2.24, 2.45) is 0 Å². The topological polar surface area (TPSA) is 47.6 Å². The van der Waals surface area contributed by atoms with Gasteiger partial charge in [-0.15, -0.1) is 0 Å². The van der Waals surface area contributed by atoms with Crippen molar-refractivity contribution in [3.8, 4) is 0 Å². The van der Waals surface area contributed by atoms with Crippen molar-refractivity contribution in [3.05, 3.63) is 58.6 Å². The average molecular weight is 499 g/mol. The molecule has 0 unspecified atom stereocenters. The first-order valence-corrected chi connectivity index (χ1v) is 11.4. The lowest BCUT2D eigenvalue weighted by Gasteiger charge is -2.36. The van der Waals surface area contributed by atoms with Gasteiger partial charge in [-0.1, -0.05) is 43.6 Å². The highest BCUT2D eigenvalue weighted by molar-refractivity contribution is 7.80. The molecular formula is C23H26ClF3N4OS. The van der Waals surface area contributed by atoms with Gasteiger partial charge in [-0.05, 0) is 48.0 Å². The number of hydrogen-bond acceptors (Lipinski definition) is 3. The van der Waals surface area contributed by atoms with E-state index in [4.69, 9.17) is 23.8 Å². The Kier molecular flexibility index (Phi) is 8.20. The molecule has 0 atom stereocenters. The summed E-state index contributed by atoms with van der Waals surface area (Å²) in [5.74, 6) is -0.0230. The summed E-state index contributed by atoms with van der Waals surface area (Å²) in [6, 6.07) is 11.4. The molecule has 1 amide bonds. The molecule has 0 aromatic heterocycles. The molecule has 5 nitrogen and oxygen atoms in total. The zero-order chi connectivity index (χ0) is 24.2. The van der Waals surface area contributed by atoms with Crippen LogP contribution in [0.5, 0.6) is 0 Å². The highest BCUT2D eigenvalue weighted by Gasteiger charge is 2.33. The van der Waals surface area contributed by atoms with Gasteiger partial charge in [-0.3, -0.25) is 9.69 Å². The van der Waals surface area contributed by atoms with Crippen LogP contribution in [-0.2, 0) is 11.0 Å². The number of nitrogens with zero attached hydrogens (tertiary/aromatic N) is 2. The number of nitrogens with one attached hydrogen (secondary N) is 2. The molecule has 10 heteroatoms. The molecule has 0 radical (unpaired) electrons. The molecule has 178 valence electrons. The number of amides is 1. The van der Waals surface area contributed by atoms with E-state index in [1.165, 1.54) is 11.6 Å². The summed E-state index contributed by atoms with van der Waals surface area (Å²) in [5.41, 5.74) is 1.26. The molecule has 1 fully saturated rings. The standard InChI is InChI=1S/C23H26ClF3N4OS/c1-15(2)17-5-3-4-6-20(17)29-22(33)31-11-9-30(10-12-31)14-21(32)28-16-7-8-19(24)18(13-16)23(25,26)27/h3-8,13,15H,9-12,14H2,1-2H3,(H,28,32)(H,29,33). The lowest BCUT2D eigenvalue weighted by molar-refractivity contribution is -0.137. The SMILES string of the molecule is CC(C)c1ccccc1NC(=S)N1CCN(CC(=O)Nc2ccc(Cl)c(C(F)(F)F)c2)CC1. The van der Waals surface area contributed by atoms with Gasteiger partial charge >= 0.3 is 6.18 Å². The van der Waals surface area contributed by atoms with E-state index in [0.717, 1.165) is 17.8 Å². The Hall–Kier alpha value is -2.36. The summed E-state index contributed by atoms with van der Waals surface area (Å²) in [4.78, 5) is 16.4. The molecular weight excluding hydrogens is 473 g/mol. The second-order valence-corrected chi connectivity index (χ2v) is 8.97. The maximum Gasteiger partial charge on any atom is 0.417 e. The summed E-state index contributed by atoms with van der Waals surface area (Å²) in [7, 11) is 0. The largest absolute Gasteiger partial charge is 0.417 e. The predicted molar refractivity (Wildman–Crippen MR) is 130 cm³/mol. The van der Waals surface area contributed by atoms with Gasteiger partial charge in [0.2, 0.25) is 5.91 Å². The molecule has 0 saturated carbocycles. The van der Waals surface area contributed by atoms with Crippen LogP contribution >= 0.6 is 23.8 Å². The summed E-state index contributed by atoms with van der Waals surface area (Å²) < 4.78 is 39.0. The number of alkyl halides is 3. The summed E-state index contributed by atoms with van der Waals surface area (Å²) >= 11 is 11.2. The van der Waals surface area contributed by atoms with Crippen LogP contribution in [0.25, 0.3) is 0 Å². The van der Waals surface area contributed by atoms with Crippen molar-refractivity contribution in [2.75, 3.05) is 43.4 Å². The predicted octanol–water partition coefficient (Wildman–Crippen LogP) is 5.44. The normalized spacial score (nSPS) is 14.9. The van der Waals surface area contributed by atoms with E-state index in [9.17, 15) is 18.0 Å². The molecule has 0 bridgehead atoms. The van der Waals surface area contributed by atoms with Crippen LogP contribution < -0.4 is 10.6 Å². The second kappa shape index (κ2) is 10.7. The van der Waals surface area contributed by atoms with E-state index >= 15 is 0 Å². The minimum atomic E-state index is -4.59. The van der Waals surface area contributed by atoms with E-state index in [-0.39, 0.29) is 18.1 Å². The van der Waals surface area contributed by atoms with Gasteiger partial charge in [0.05, 0.1) is 17.1 Å². The molecule has 2 aromatic carbocycles. The number of piperazine rings is 1. The van der Waals surface area contributed by atoms with Crippen molar-refractivity contribution < 1.29 is 18.0 Å². The number of para-hydroxylation sites is 1. The Morgan fingerprint density at radius 2 is 1.76 bits per heavy atom. The highest BCUT2D eigenvalue weighted by atomic mass is 35.5. The molecule has 2 aromatic rings. The Morgan fingerprint density at radius 1 is 1.09 bits per heavy atom. The number of thiocarbonyl (C=S) groups is 1. The van der Waals surface area contributed by atoms with Gasteiger partial charge in [0.1, 0.15) is 0 Å². The first kappa shape index (κ1) is 25.3. The first-order chi connectivity index (χ1) is 15.5. The van der Waals surface area contributed by atoms with Crippen molar-refractivity contribution in [3.63, 3.8) is 0 Å². The fourth-order valence-electron chi connectivity index (χ4n) is 3.64. The van der Waals surface area contributed by atoms with Crippen molar-refractivity contribution in [2.45, 2.75) is 25.9 Å². The van der Waals surface area contributed by atoms with Gasteiger partial charge in [0, 0.05) is 37.6 Å². The number of carbonyl (C=O) groups is 1. The molecule has 2 N–H and O–H groups in total. The molecule has 1 saturated heterocycles. The second-order valence-electron chi connectivity index (χ2n) is 8.18. The van der Waals surface area contributed by atoms with Crippen molar-refractivity contribution >= 4 is 46.2 Å². The number of rotatable bonds is 5. The van der Waals surface area contributed by atoms with E-state index in [1.54, 1.807) is 0 Å². The molecule has 3 rings (SSSR count). The maximum absolute atomic E-state index is 13.0. The molecule has 0 spiro atoms. The third-order valence-electron chi connectivity index (χ3n) is 5.41. The zero-order valence-electron chi connectivity index (χ0n) is 18.4. The Labute approximate surface area is 201 Å². The van der Waals surface area contributed by atoms with E-state index in [0.29, 0.717) is 37.2 Å². The number of anilines is 2. The lowest BCUT2D eigenvalue weighted by atomic mass is 10.0. The lowest BCUT2D eigenvalue weighted by Crippen LogP contribution is -2.51. The van der Waals surface area contributed by atoms with Gasteiger partial charge in [-0.2, -0.15) is 13.2 Å². The maximum atomic E-state index is 13.0. The molecule has 1 aliphatic heterocycles. The third kappa shape index (κ3) is 6.82. The number of benzene rings is 2. The fourth-order valence-corrected chi connectivity index (χ4v) is 4.16. The minimum Gasteiger partial charge on any atom is -0.346 e. The number of carbonyl (C=O) groups excluding carboxylic acids is 1. The quantitative estimate of drug-likeness (QED) is 0.538. The van der Waals surface area contributed by atoms with Gasteiger partial charge < -0.3 is 15.5 Å². The van der Waals surface area contributed by atoms with Crippen LogP contribution in [0.15, 0.2) is 42.5 Å². The van der Waals surface area contributed by atoms with E-state index < -0.39 is 16.8 Å². The van der Waals surface area contributed by atoms with Crippen molar-refractivity contribution in [1.82, 2.24) is 9.80 Å². The summed E-state index contributed by atoms with van der Waals surface area (Å²) in [5, 5.41) is 6.08. The fraction of sp³-hybridized carbons (Fsp3) is 0.391. The average Bonchev–Trinajstić information content (AvgIpc) is 2.75. The van der Waals surface area contributed by atoms with Crippen LogP contribution in [0.4, 0.5) is 24.5 Å². The van der Waals surface area contributed by atoms with Gasteiger partial charge in [0.15, 0.2) is 5.11 Å². The number of halogens is 4. The minimum absolute atomic E-state index is 0.0598. The first-order valence-electron chi connectivity index (χ1n) is 10.6. The zero-order valence-corrected chi connectivity index (χ0v) is 19.9. The molecule has 1 aliphatic rings. The van der Waals surface area contributed by atoms with Crippen LogP contribution in [-0.4, -0.2) is 53.5 Å². The van der Waals surface area contributed by atoms with Crippen LogP contribution in [0.3, 0.4) is 0 Å². The smallest absolute Gasteiger partial charge is 0.346 e. The molecule has 0 aliphatic carbocycles. The van der Waals surface area contributed by atoms with Crippen molar-refractivity contribution in [1.29, 1.82) is 0 Å². The molecule has 33 heavy (non-hydrogen) atoms. The van der Waals surface area contributed by atoms with E-state index in [2.05, 4.69) is 35.4 Å². The van der Waals surface area contributed by atoms with E-state index in [1.807, 2.05) is 23.1 Å². The Balaban J connectivity index is 1.50. The highest BCUT2D eigenvalue weighted by Crippen LogP contribution is 2.36. The summed E-state index contributed by atoms with van der Waals surface area (Å²) in [6.07, 6.45) is -4.59. The Morgan fingerprint density at radius 3 is 2.39 bits per heavy atom.